The number of ketones is 1. The van der Waals surface area contributed by atoms with Gasteiger partial charge in [-0.15, -0.1) is 0 Å². The summed E-state index contributed by atoms with van der Waals surface area (Å²) in [6.45, 7) is 15.3. The summed E-state index contributed by atoms with van der Waals surface area (Å²) >= 11 is 0. The third-order valence-electron chi connectivity index (χ3n) is 3.83. The van der Waals surface area contributed by atoms with E-state index in [0.29, 0.717) is 5.78 Å². The summed E-state index contributed by atoms with van der Waals surface area (Å²) in [5.41, 5.74) is 3.44. The molecule has 0 amide bonds. The lowest BCUT2D eigenvalue weighted by Crippen LogP contribution is -2.28. The molecule has 1 rings (SSSR count). The molecule has 108 valence electrons. The normalized spacial score (nSPS) is 17.8. The molecule has 1 nitrogen and oxygen atoms in total. The lowest BCUT2D eigenvalue weighted by molar-refractivity contribution is -0.113. The Labute approximate surface area is 119 Å². The summed E-state index contributed by atoms with van der Waals surface area (Å²) in [7, 11) is 0. The number of hydrogen-bond acceptors (Lipinski definition) is 1. The molecule has 0 saturated carbocycles. The van der Waals surface area contributed by atoms with Crippen molar-refractivity contribution in [3.05, 3.63) is 22.8 Å². The Kier molecular flexibility index (Phi) is 4.81. The standard InChI is InChI=1S/C18H30O/c1-8-9-10-13-11-12-14(17(2,3)4)15(16(13)19)18(5,6)7/h11H,8-10,12H2,1-7H3. The Morgan fingerprint density at radius 3 is 2.05 bits per heavy atom. The zero-order chi connectivity index (χ0) is 14.8. The highest BCUT2D eigenvalue weighted by molar-refractivity contribution is 6.10. The van der Waals surface area contributed by atoms with Gasteiger partial charge in [-0.25, -0.2) is 0 Å². The van der Waals surface area contributed by atoms with Crippen LogP contribution < -0.4 is 0 Å². The van der Waals surface area contributed by atoms with Crippen LogP contribution in [-0.2, 0) is 4.79 Å². The Bertz CT molecular complexity index is 408. The van der Waals surface area contributed by atoms with Crippen LogP contribution in [0, 0.1) is 10.8 Å². The third-order valence-corrected chi connectivity index (χ3v) is 3.83. The molecular weight excluding hydrogens is 232 g/mol. The number of allylic oxidation sites excluding steroid dienone is 4. The molecule has 19 heavy (non-hydrogen) atoms. The second-order valence-corrected chi connectivity index (χ2v) is 7.72. The van der Waals surface area contributed by atoms with Crippen molar-refractivity contribution in [3.8, 4) is 0 Å². The summed E-state index contributed by atoms with van der Waals surface area (Å²) in [5.74, 6) is 0.303. The van der Waals surface area contributed by atoms with Gasteiger partial charge in [0.05, 0.1) is 0 Å². The Hall–Kier alpha value is -0.850. The van der Waals surface area contributed by atoms with Gasteiger partial charge in [0.1, 0.15) is 0 Å². The van der Waals surface area contributed by atoms with E-state index in [9.17, 15) is 4.79 Å². The molecule has 0 aliphatic heterocycles. The first-order valence-corrected chi connectivity index (χ1v) is 7.57. The van der Waals surface area contributed by atoms with E-state index in [1.54, 1.807) is 0 Å². The summed E-state index contributed by atoms with van der Waals surface area (Å²) in [6, 6.07) is 0. The van der Waals surface area contributed by atoms with Crippen molar-refractivity contribution >= 4 is 5.78 Å². The fourth-order valence-corrected chi connectivity index (χ4v) is 2.77. The van der Waals surface area contributed by atoms with E-state index in [1.165, 1.54) is 5.57 Å². The molecule has 0 bridgehead atoms. The van der Waals surface area contributed by atoms with Gasteiger partial charge in [-0.3, -0.25) is 4.79 Å². The highest BCUT2D eigenvalue weighted by Crippen LogP contribution is 2.43. The molecule has 0 radical (unpaired) electrons. The minimum absolute atomic E-state index is 0.0641. The van der Waals surface area contributed by atoms with E-state index >= 15 is 0 Å². The van der Waals surface area contributed by atoms with Gasteiger partial charge in [-0.05, 0) is 35.7 Å². The SMILES string of the molecule is CCCCC1=CCC(C(C)(C)C)=C(C(C)(C)C)C1=O. The highest BCUT2D eigenvalue weighted by Gasteiger charge is 2.35. The van der Waals surface area contributed by atoms with Gasteiger partial charge >= 0.3 is 0 Å². The van der Waals surface area contributed by atoms with Gasteiger partial charge in [0.2, 0.25) is 0 Å². The van der Waals surface area contributed by atoms with E-state index in [2.05, 4.69) is 54.5 Å². The zero-order valence-electron chi connectivity index (χ0n) is 13.8. The Morgan fingerprint density at radius 2 is 1.63 bits per heavy atom. The average Bonchev–Trinajstić information content (AvgIpc) is 2.24. The number of unbranched alkanes of at least 4 members (excludes halogenated alkanes) is 1. The molecular formula is C18H30O. The van der Waals surface area contributed by atoms with Crippen LogP contribution in [-0.4, -0.2) is 5.78 Å². The van der Waals surface area contributed by atoms with Crippen LogP contribution in [0.15, 0.2) is 22.8 Å². The van der Waals surface area contributed by atoms with E-state index in [4.69, 9.17) is 0 Å². The number of rotatable bonds is 3. The molecule has 0 N–H and O–H groups in total. The molecule has 0 spiro atoms. The summed E-state index contributed by atoms with van der Waals surface area (Å²) in [4.78, 5) is 12.8. The van der Waals surface area contributed by atoms with Crippen molar-refractivity contribution in [2.45, 2.75) is 74.1 Å². The maximum absolute atomic E-state index is 12.8. The molecule has 0 aromatic rings. The molecule has 0 aromatic heterocycles. The molecule has 1 aliphatic carbocycles. The minimum atomic E-state index is -0.0641. The van der Waals surface area contributed by atoms with Gasteiger partial charge in [0.25, 0.3) is 0 Å². The van der Waals surface area contributed by atoms with Crippen LogP contribution in [0.2, 0.25) is 0 Å². The van der Waals surface area contributed by atoms with Crippen LogP contribution in [0.3, 0.4) is 0 Å². The maximum atomic E-state index is 12.8. The third kappa shape index (κ3) is 3.81. The number of carbonyl (C=O) groups excluding carboxylic acids is 1. The van der Waals surface area contributed by atoms with Crippen molar-refractivity contribution in [1.82, 2.24) is 0 Å². The smallest absolute Gasteiger partial charge is 0.185 e. The summed E-state index contributed by atoms with van der Waals surface area (Å²) in [6.07, 6.45) is 6.31. The fraction of sp³-hybridized carbons (Fsp3) is 0.722. The van der Waals surface area contributed by atoms with Gasteiger partial charge in [-0.1, -0.05) is 66.5 Å². The van der Waals surface area contributed by atoms with Gasteiger partial charge in [-0.2, -0.15) is 0 Å². The van der Waals surface area contributed by atoms with Crippen LogP contribution in [0.1, 0.15) is 74.1 Å². The first kappa shape index (κ1) is 16.2. The molecule has 0 heterocycles. The largest absolute Gasteiger partial charge is 0.289 e. The predicted molar refractivity (Wildman–Crippen MR) is 83.2 cm³/mol. The van der Waals surface area contributed by atoms with Crippen LogP contribution in [0.25, 0.3) is 0 Å². The lowest BCUT2D eigenvalue weighted by Gasteiger charge is -2.35. The molecule has 1 heteroatoms. The lowest BCUT2D eigenvalue weighted by atomic mass is 9.68. The van der Waals surface area contributed by atoms with Gasteiger partial charge in [0.15, 0.2) is 5.78 Å². The maximum Gasteiger partial charge on any atom is 0.185 e. The monoisotopic (exact) mass is 262 g/mol. The molecule has 0 atom stereocenters. The van der Waals surface area contributed by atoms with Crippen molar-refractivity contribution in [3.63, 3.8) is 0 Å². The second kappa shape index (κ2) is 5.64. The van der Waals surface area contributed by atoms with Crippen molar-refractivity contribution in [2.24, 2.45) is 10.8 Å². The average molecular weight is 262 g/mol. The second-order valence-electron chi connectivity index (χ2n) is 7.72. The zero-order valence-corrected chi connectivity index (χ0v) is 13.8. The van der Waals surface area contributed by atoms with Crippen LogP contribution in [0.5, 0.6) is 0 Å². The Balaban J connectivity index is 3.18. The van der Waals surface area contributed by atoms with Gasteiger partial charge in [0, 0.05) is 5.57 Å². The minimum Gasteiger partial charge on any atom is -0.289 e. The van der Waals surface area contributed by atoms with Crippen molar-refractivity contribution in [2.75, 3.05) is 0 Å². The highest BCUT2D eigenvalue weighted by atomic mass is 16.1. The quantitative estimate of drug-likeness (QED) is 0.659. The fourth-order valence-electron chi connectivity index (χ4n) is 2.77. The molecule has 0 fully saturated rings. The topological polar surface area (TPSA) is 17.1 Å². The number of Topliss-reactive ketones (excluding diaryl/α,β-unsaturated/α-hetero) is 1. The summed E-state index contributed by atoms with van der Waals surface area (Å²) < 4.78 is 0. The van der Waals surface area contributed by atoms with Crippen LogP contribution in [0.4, 0.5) is 0 Å². The molecule has 0 aromatic carbocycles. The van der Waals surface area contributed by atoms with Gasteiger partial charge < -0.3 is 0 Å². The molecule has 0 saturated heterocycles. The van der Waals surface area contributed by atoms with Crippen molar-refractivity contribution in [1.29, 1.82) is 0 Å². The van der Waals surface area contributed by atoms with E-state index < -0.39 is 0 Å². The Morgan fingerprint density at radius 1 is 1.05 bits per heavy atom. The van der Waals surface area contributed by atoms with Crippen molar-refractivity contribution < 1.29 is 4.79 Å². The summed E-state index contributed by atoms with van der Waals surface area (Å²) in [5, 5.41) is 0. The molecule has 0 unspecified atom stereocenters. The van der Waals surface area contributed by atoms with E-state index in [1.807, 2.05) is 0 Å². The van der Waals surface area contributed by atoms with E-state index in [0.717, 1.165) is 36.8 Å². The number of carbonyl (C=O) groups is 1. The first-order chi connectivity index (χ1) is 8.59. The van der Waals surface area contributed by atoms with Crippen LogP contribution >= 0.6 is 0 Å². The van der Waals surface area contributed by atoms with E-state index in [-0.39, 0.29) is 10.8 Å². The first-order valence-electron chi connectivity index (χ1n) is 7.57. The molecule has 1 aliphatic rings. The predicted octanol–water partition coefficient (Wildman–Crippen LogP) is 5.46. The number of hydrogen-bond donors (Lipinski definition) is 0.